The smallest absolute Gasteiger partial charge is 0.326 e. The minimum Gasteiger partial charge on any atom is -0.480 e. The first-order valence-electron chi connectivity index (χ1n) is 5.51. The van der Waals surface area contributed by atoms with Gasteiger partial charge in [0, 0.05) is 5.92 Å². The third kappa shape index (κ3) is 1.66. The number of hydrogen-bond acceptors (Lipinski definition) is 4. The second-order valence-corrected chi connectivity index (χ2v) is 4.28. The Morgan fingerprint density at radius 1 is 1.53 bits per heavy atom. The van der Waals surface area contributed by atoms with Gasteiger partial charge in [0.15, 0.2) is 11.5 Å². The first-order valence-corrected chi connectivity index (χ1v) is 5.51. The van der Waals surface area contributed by atoms with Crippen molar-refractivity contribution in [1.29, 1.82) is 0 Å². The number of carboxylic acids is 1. The van der Waals surface area contributed by atoms with E-state index >= 15 is 0 Å². The zero-order valence-corrected chi connectivity index (χ0v) is 9.08. The monoisotopic (exact) mass is 232 g/mol. The van der Waals surface area contributed by atoms with Crippen LogP contribution in [-0.4, -0.2) is 25.7 Å². The zero-order chi connectivity index (χ0) is 12.0. The zero-order valence-electron chi connectivity index (χ0n) is 9.08. The van der Waals surface area contributed by atoms with Gasteiger partial charge in [-0.05, 0) is 25.0 Å². The summed E-state index contributed by atoms with van der Waals surface area (Å²) in [6.45, 7) is 0. The largest absolute Gasteiger partial charge is 0.480 e. The molecule has 6 heteroatoms. The summed E-state index contributed by atoms with van der Waals surface area (Å²) in [6, 6.07) is 4.14. The Bertz CT molecular complexity index is 588. The third-order valence-corrected chi connectivity index (χ3v) is 2.93. The normalized spacial score (nSPS) is 17.2. The maximum atomic E-state index is 10.9. The number of carbonyl (C=O) groups is 1. The first kappa shape index (κ1) is 10.2. The highest BCUT2D eigenvalue weighted by atomic mass is 16.4. The summed E-state index contributed by atoms with van der Waals surface area (Å²) in [6.07, 6.45) is 2.22. The number of carboxylic acid groups (broad SMARTS) is 1. The molecule has 1 unspecified atom stereocenters. The van der Waals surface area contributed by atoms with Gasteiger partial charge in [-0.1, -0.05) is 6.07 Å². The van der Waals surface area contributed by atoms with Gasteiger partial charge in [0.25, 0.3) is 0 Å². The fourth-order valence-corrected chi connectivity index (χ4v) is 1.82. The van der Waals surface area contributed by atoms with Crippen LogP contribution < -0.4 is 5.73 Å². The van der Waals surface area contributed by atoms with Gasteiger partial charge in [0.2, 0.25) is 0 Å². The fraction of sp³-hybridized carbons (Fsp3) is 0.364. The highest BCUT2D eigenvalue weighted by molar-refractivity contribution is 5.74. The van der Waals surface area contributed by atoms with E-state index in [9.17, 15) is 4.79 Å². The first-order chi connectivity index (χ1) is 8.16. The van der Waals surface area contributed by atoms with Crippen LogP contribution in [0.2, 0.25) is 0 Å². The van der Waals surface area contributed by atoms with Crippen LogP contribution in [0, 0.1) is 0 Å². The van der Waals surface area contributed by atoms with Crippen LogP contribution in [0.4, 0.5) is 0 Å². The van der Waals surface area contributed by atoms with Gasteiger partial charge in [-0.3, -0.25) is 4.79 Å². The SMILES string of the molecule is NC(C(=O)O)c1cccc2nc(C3CC3)nn12. The second-order valence-electron chi connectivity index (χ2n) is 4.28. The molecule has 1 saturated carbocycles. The van der Waals surface area contributed by atoms with E-state index in [4.69, 9.17) is 10.8 Å². The Morgan fingerprint density at radius 3 is 2.94 bits per heavy atom. The summed E-state index contributed by atoms with van der Waals surface area (Å²) >= 11 is 0. The lowest BCUT2D eigenvalue weighted by Crippen LogP contribution is -2.23. The van der Waals surface area contributed by atoms with Gasteiger partial charge in [-0.2, -0.15) is 5.10 Å². The van der Waals surface area contributed by atoms with Crippen LogP contribution in [0.1, 0.15) is 36.3 Å². The molecule has 0 saturated heterocycles. The van der Waals surface area contributed by atoms with Gasteiger partial charge in [-0.25, -0.2) is 9.50 Å². The molecule has 0 radical (unpaired) electrons. The van der Waals surface area contributed by atoms with Crippen LogP contribution in [0.15, 0.2) is 18.2 Å². The number of aliphatic carboxylic acids is 1. The van der Waals surface area contributed by atoms with Crippen molar-refractivity contribution in [3.63, 3.8) is 0 Å². The van der Waals surface area contributed by atoms with E-state index in [0.717, 1.165) is 18.7 Å². The lowest BCUT2D eigenvalue weighted by Gasteiger charge is -2.07. The van der Waals surface area contributed by atoms with E-state index in [-0.39, 0.29) is 0 Å². The van der Waals surface area contributed by atoms with Gasteiger partial charge in [0.05, 0.1) is 5.69 Å². The molecule has 0 amide bonds. The summed E-state index contributed by atoms with van der Waals surface area (Å²) < 4.78 is 1.53. The molecule has 0 bridgehead atoms. The fourth-order valence-electron chi connectivity index (χ4n) is 1.82. The third-order valence-electron chi connectivity index (χ3n) is 2.93. The number of aromatic nitrogens is 3. The molecule has 1 fully saturated rings. The van der Waals surface area contributed by atoms with Crippen molar-refractivity contribution >= 4 is 11.6 Å². The summed E-state index contributed by atoms with van der Waals surface area (Å²) in [7, 11) is 0. The number of pyridine rings is 1. The van der Waals surface area contributed by atoms with Crippen molar-refractivity contribution in [3.8, 4) is 0 Å². The van der Waals surface area contributed by atoms with E-state index in [1.807, 2.05) is 0 Å². The lowest BCUT2D eigenvalue weighted by atomic mass is 10.2. The molecule has 0 aromatic carbocycles. The predicted octanol–water partition coefficient (Wildman–Crippen LogP) is 0.691. The molecule has 88 valence electrons. The van der Waals surface area contributed by atoms with E-state index in [1.54, 1.807) is 18.2 Å². The molecular formula is C11H12N4O2. The van der Waals surface area contributed by atoms with Crippen LogP contribution in [-0.2, 0) is 4.79 Å². The quantitative estimate of drug-likeness (QED) is 0.812. The maximum absolute atomic E-state index is 10.9. The van der Waals surface area contributed by atoms with Crippen LogP contribution >= 0.6 is 0 Å². The summed E-state index contributed by atoms with van der Waals surface area (Å²) in [5.41, 5.74) is 6.72. The molecule has 1 atom stereocenters. The van der Waals surface area contributed by atoms with Crippen LogP contribution in [0.3, 0.4) is 0 Å². The summed E-state index contributed by atoms with van der Waals surface area (Å²) in [5, 5.41) is 13.3. The second kappa shape index (κ2) is 3.53. The van der Waals surface area contributed by atoms with Crippen LogP contribution in [0.5, 0.6) is 0 Å². The average Bonchev–Trinajstić information content (AvgIpc) is 3.07. The number of nitrogens with two attached hydrogens (primary N) is 1. The average molecular weight is 232 g/mol. The Hall–Kier alpha value is -1.95. The van der Waals surface area contributed by atoms with Gasteiger partial charge in [0.1, 0.15) is 6.04 Å². The molecule has 2 heterocycles. The van der Waals surface area contributed by atoms with Crippen LogP contribution in [0.25, 0.3) is 5.65 Å². The molecule has 1 aliphatic rings. The Kier molecular flexibility index (Phi) is 2.12. The summed E-state index contributed by atoms with van der Waals surface area (Å²) in [5.74, 6) is 0.153. The van der Waals surface area contributed by atoms with Gasteiger partial charge in [-0.15, -0.1) is 0 Å². The van der Waals surface area contributed by atoms with Crippen molar-refractivity contribution in [2.75, 3.05) is 0 Å². The highest BCUT2D eigenvalue weighted by Gasteiger charge is 2.29. The van der Waals surface area contributed by atoms with Crippen molar-refractivity contribution in [2.24, 2.45) is 5.73 Å². The summed E-state index contributed by atoms with van der Waals surface area (Å²) in [4.78, 5) is 15.3. The van der Waals surface area contributed by atoms with E-state index in [1.165, 1.54) is 4.52 Å². The molecular weight excluding hydrogens is 220 g/mol. The topological polar surface area (TPSA) is 93.5 Å². The van der Waals surface area contributed by atoms with Crippen molar-refractivity contribution in [1.82, 2.24) is 14.6 Å². The van der Waals surface area contributed by atoms with Crippen molar-refractivity contribution < 1.29 is 9.90 Å². The van der Waals surface area contributed by atoms with Crippen molar-refractivity contribution in [2.45, 2.75) is 24.8 Å². The standard InChI is InChI=1S/C11H12N4O2/c12-9(11(16)17)7-2-1-3-8-13-10(6-4-5-6)14-15(7)8/h1-3,6,9H,4-5,12H2,(H,16,17). The molecule has 1 aliphatic carbocycles. The molecule has 0 aliphatic heterocycles. The van der Waals surface area contributed by atoms with Gasteiger partial charge >= 0.3 is 5.97 Å². The molecule has 6 nitrogen and oxygen atoms in total. The Balaban J connectivity index is 2.14. The minimum atomic E-state index is -1.08. The predicted molar refractivity (Wildman–Crippen MR) is 59.5 cm³/mol. The molecule has 2 aromatic rings. The highest BCUT2D eigenvalue weighted by Crippen LogP contribution is 2.38. The molecule has 3 rings (SSSR count). The number of hydrogen-bond donors (Lipinski definition) is 2. The molecule has 2 aromatic heterocycles. The minimum absolute atomic E-state index is 0.434. The van der Waals surface area contributed by atoms with Crippen molar-refractivity contribution in [3.05, 3.63) is 29.7 Å². The lowest BCUT2D eigenvalue weighted by molar-refractivity contribution is -0.138. The maximum Gasteiger partial charge on any atom is 0.326 e. The Labute approximate surface area is 97.1 Å². The van der Waals surface area contributed by atoms with E-state index in [2.05, 4.69) is 10.1 Å². The molecule has 3 N–H and O–H groups in total. The Morgan fingerprint density at radius 2 is 2.29 bits per heavy atom. The van der Waals surface area contributed by atoms with Gasteiger partial charge < -0.3 is 10.8 Å². The molecule has 17 heavy (non-hydrogen) atoms. The van der Waals surface area contributed by atoms with E-state index < -0.39 is 12.0 Å². The molecule has 0 spiro atoms. The number of nitrogens with zero attached hydrogens (tertiary/aromatic N) is 3. The van der Waals surface area contributed by atoms with E-state index in [0.29, 0.717) is 17.3 Å². The number of fused-ring (bicyclic) bond motifs is 1. The number of rotatable bonds is 3.